The molecule has 0 N–H and O–H groups in total. The van der Waals surface area contributed by atoms with Crippen molar-refractivity contribution in [2.45, 2.75) is 19.6 Å². The molecular weight excluding hydrogens is 533 g/mol. The Morgan fingerprint density at radius 3 is 1.51 bits per heavy atom. The van der Waals surface area contributed by atoms with Crippen molar-refractivity contribution in [1.82, 2.24) is 0 Å². The van der Waals surface area contributed by atoms with Crippen molar-refractivity contribution in [3.05, 3.63) is 119 Å². The Hall–Kier alpha value is -3.29. The average Bonchev–Trinajstić information content (AvgIpc) is 3.09. The molecule has 0 amide bonds. The summed E-state index contributed by atoms with van der Waals surface area (Å²) >= 11 is 2.63. The number of fused-ring (bicyclic) bond motifs is 4. The van der Waals surface area contributed by atoms with Crippen molar-refractivity contribution in [3.8, 4) is 0 Å². The van der Waals surface area contributed by atoms with Crippen molar-refractivity contribution in [2.75, 3.05) is 0 Å². The first-order chi connectivity index (χ1) is 17.8. The first kappa shape index (κ1) is 24.1. The zero-order valence-electron chi connectivity index (χ0n) is 18.9. The van der Waals surface area contributed by atoms with Crippen molar-refractivity contribution in [3.63, 3.8) is 0 Å². The third kappa shape index (κ3) is 4.98. The predicted molar refractivity (Wildman–Crippen MR) is 139 cm³/mol. The Labute approximate surface area is 220 Å². The van der Waals surface area contributed by atoms with E-state index in [2.05, 4.69) is 0 Å². The molecule has 6 rings (SSSR count). The Morgan fingerprint density at radius 2 is 1.05 bits per heavy atom. The Balaban J connectivity index is 1.40. The molecule has 0 fully saturated rings. The van der Waals surface area contributed by atoms with E-state index in [4.69, 9.17) is 9.05 Å². The SMILES string of the molecule is O=P([O-])(OC1=Cc2ccccc2Sc2cc(F)ccc21)OC1=Cc2ccccc2Sc2cc(F)ccc21. The van der Waals surface area contributed by atoms with E-state index in [0.717, 1.165) is 20.9 Å². The van der Waals surface area contributed by atoms with Gasteiger partial charge in [0, 0.05) is 30.7 Å². The molecule has 2 aliphatic heterocycles. The molecule has 0 saturated carbocycles. The molecule has 9 heteroatoms. The van der Waals surface area contributed by atoms with E-state index >= 15 is 0 Å². The molecule has 0 atom stereocenters. The summed E-state index contributed by atoms with van der Waals surface area (Å²) in [5.41, 5.74) is 2.28. The van der Waals surface area contributed by atoms with Gasteiger partial charge in [-0.25, -0.2) is 13.3 Å². The van der Waals surface area contributed by atoms with Gasteiger partial charge in [0.25, 0.3) is 0 Å². The van der Waals surface area contributed by atoms with Gasteiger partial charge in [-0.05, 0) is 71.8 Å². The Morgan fingerprint density at radius 1 is 0.622 bits per heavy atom. The second kappa shape index (κ2) is 9.54. The molecule has 4 aromatic rings. The van der Waals surface area contributed by atoms with E-state index in [1.807, 2.05) is 48.5 Å². The highest BCUT2D eigenvalue weighted by atomic mass is 32.2. The highest BCUT2D eigenvalue weighted by molar-refractivity contribution is 7.99. The third-order valence-electron chi connectivity index (χ3n) is 5.69. The lowest BCUT2D eigenvalue weighted by Crippen LogP contribution is -2.08. The van der Waals surface area contributed by atoms with Gasteiger partial charge in [0.15, 0.2) is 0 Å². The summed E-state index contributed by atoms with van der Waals surface area (Å²) in [7, 11) is -5.02. The highest BCUT2D eigenvalue weighted by Crippen LogP contribution is 2.53. The van der Waals surface area contributed by atoms with Gasteiger partial charge in [0.1, 0.15) is 23.2 Å². The summed E-state index contributed by atoms with van der Waals surface area (Å²) < 4.78 is 52.5. The van der Waals surface area contributed by atoms with E-state index in [-0.39, 0.29) is 11.5 Å². The molecule has 0 saturated heterocycles. The summed E-state index contributed by atoms with van der Waals surface area (Å²) in [4.78, 5) is 16.0. The van der Waals surface area contributed by atoms with Gasteiger partial charge in [-0.15, -0.1) is 0 Å². The topological polar surface area (TPSA) is 58.6 Å². The predicted octanol–water partition coefficient (Wildman–Crippen LogP) is 8.09. The number of hydrogen-bond acceptors (Lipinski definition) is 6. The number of phosphoric ester groups is 1. The van der Waals surface area contributed by atoms with Gasteiger partial charge in [-0.1, -0.05) is 59.9 Å². The summed E-state index contributed by atoms with van der Waals surface area (Å²) in [6.45, 7) is 0. The first-order valence-corrected chi connectivity index (χ1v) is 14.2. The van der Waals surface area contributed by atoms with Crippen LogP contribution in [0.5, 0.6) is 0 Å². The van der Waals surface area contributed by atoms with Crippen LogP contribution in [0.1, 0.15) is 22.3 Å². The second-order valence-corrected chi connectivity index (χ2v) is 11.6. The number of phosphoric acid groups is 1. The van der Waals surface area contributed by atoms with Crippen LogP contribution in [-0.4, -0.2) is 0 Å². The van der Waals surface area contributed by atoms with Crippen LogP contribution in [0.15, 0.2) is 105 Å². The van der Waals surface area contributed by atoms with E-state index in [1.165, 1.54) is 59.9 Å². The standard InChI is InChI=1S/C28H17F2O4PS2/c29-19-9-11-21-23(13-17-5-1-3-7-25(17)36-27(21)15-19)33-35(31,32)34-24-14-18-6-2-4-8-26(18)37-28-16-20(30)10-12-22(24)28/h1-16H,(H,31,32)/p-1. The lowest BCUT2D eigenvalue weighted by Gasteiger charge is -2.27. The zero-order chi connectivity index (χ0) is 25.6. The molecule has 4 aromatic carbocycles. The van der Waals surface area contributed by atoms with Gasteiger partial charge in [0.2, 0.25) is 0 Å². The van der Waals surface area contributed by atoms with Crippen LogP contribution in [0.3, 0.4) is 0 Å². The zero-order valence-corrected chi connectivity index (χ0v) is 21.4. The Bertz CT molecular complexity index is 1550. The lowest BCUT2D eigenvalue weighted by molar-refractivity contribution is -0.213. The molecule has 2 aliphatic rings. The fourth-order valence-electron chi connectivity index (χ4n) is 4.04. The number of halogens is 2. The minimum Gasteiger partial charge on any atom is -0.736 e. The van der Waals surface area contributed by atoms with Gasteiger partial charge < -0.3 is 13.9 Å². The molecular formula is C28H16F2O4PS2-. The number of rotatable bonds is 4. The molecule has 4 nitrogen and oxygen atoms in total. The van der Waals surface area contributed by atoms with Crippen LogP contribution in [0.2, 0.25) is 0 Å². The fraction of sp³-hybridized carbons (Fsp3) is 0. The number of benzene rings is 4. The molecule has 0 aliphatic carbocycles. The van der Waals surface area contributed by atoms with Crippen molar-refractivity contribution >= 4 is 55.0 Å². The van der Waals surface area contributed by atoms with E-state index in [0.29, 0.717) is 20.9 Å². The highest BCUT2D eigenvalue weighted by Gasteiger charge is 2.26. The lowest BCUT2D eigenvalue weighted by atomic mass is 10.1. The van der Waals surface area contributed by atoms with Gasteiger partial charge in [-0.2, -0.15) is 0 Å². The smallest absolute Gasteiger partial charge is 0.372 e. The minimum atomic E-state index is -5.02. The maximum absolute atomic E-state index is 14.1. The van der Waals surface area contributed by atoms with Crippen molar-refractivity contribution in [2.24, 2.45) is 0 Å². The molecule has 0 bridgehead atoms. The van der Waals surface area contributed by atoms with Crippen molar-refractivity contribution < 1.29 is 27.3 Å². The summed E-state index contributed by atoms with van der Waals surface area (Å²) in [5, 5.41) is 0. The second-order valence-electron chi connectivity index (χ2n) is 8.21. The molecule has 184 valence electrons. The molecule has 0 unspecified atom stereocenters. The molecule has 0 aromatic heterocycles. The largest absolute Gasteiger partial charge is 0.736 e. The first-order valence-electron chi connectivity index (χ1n) is 11.1. The molecule has 37 heavy (non-hydrogen) atoms. The summed E-state index contributed by atoms with van der Waals surface area (Å²) in [5.74, 6) is -0.881. The monoisotopic (exact) mass is 549 g/mol. The van der Waals surface area contributed by atoms with Crippen LogP contribution in [-0.2, 0) is 13.6 Å². The van der Waals surface area contributed by atoms with Crippen LogP contribution >= 0.6 is 31.3 Å². The minimum absolute atomic E-state index is 0.00844. The van der Waals surface area contributed by atoms with Crippen LogP contribution in [0.25, 0.3) is 23.7 Å². The van der Waals surface area contributed by atoms with Crippen molar-refractivity contribution in [1.29, 1.82) is 0 Å². The normalized spacial score (nSPS) is 14.0. The summed E-state index contributed by atoms with van der Waals surface area (Å²) in [6, 6.07) is 22.8. The summed E-state index contributed by atoms with van der Waals surface area (Å²) in [6.07, 6.45) is 3.19. The molecule has 0 spiro atoms. The average molecular weight is 550 g/mol. The van der Waals surface area contributed by atoms with Crippen LogP contribution < -0.4 is 4.89 Å². The third-order valence-corrected chi connectivity index (χ3v) is 8.83. The maximum atomic E-state index is 14.1. The number of hydrogen-bond donors (Lipinski definition) is 0. The van der Waals surface area contributed by atoms with Crippen LogP contribution in [0.4, 0.5) is 8.78 Å². The van der Waals surface area contributed by atoms with E-state index in [1.54, 1.807) is 12.2 Å². The van der Waals surface area contributed by atoms with Crippen LogP contribution in [0, 0.1) is 11.6 Å². The maximum Gasteiger partial charge on any atom is 0.372 e. The Kier molecular flexibility index (Phi) is 6.21. The van der Waals surface area contributed by atoms with Gasteiger partial charge >= 0.3 is 7.82 Å². The molecule has 2 heterocycles. The molecule has 0 radical (unpaired) electrons. The quantitative estimate of drug-likeness (QED) is 0.240. The van der Waals surface area contributed by atoms with E-state index in [9.17, 15) is 18.2 Å². The van der Waals surface area contributed by atoms with Gasteiger partial charge in [-0.3, -0.25) is 0 Å². The van der Waals surface area contributed by atoms with E-state index < -0.39 is 19.5 Å². The fourth-order valence-corrected chi connectivity index (χ4v) is 7.02. The van der Waals surface area contributed by atoms with Gasteiger partial charge in [0.05, 0.1) is 0 Å².